The highest BCUT2D eigenvalue weighted by Crippen LogP contribution is 2.43. The lowest BCUT2D eigenvalue weighted by Gasteiger charge is -2.20. The van der Waals surface area contributed by atoms with Crippen LogP contribution in [0.5, 0.6) is 0 Å². The van der Waals surface area contributed by atoms with Crippen LogP contribution < -0.4 is 5.73 Å². The van der Waals surface area contributed by atoms with Crippen molar-refractivity contribution in [2.45, 2.75) is 141 Å². The number of hydrogen-bond donors (Lipinski definition) is 5. The maximum Gasteiger partial charge on any atom is 0.472 e. The van der Waals surface area contributed by atoms with Gasteiger partial charge in [-0.15, -0.1) is 0 Å². The quantitative estimate of drug-likeness (QED) is 0.0130. The van der Waals surface area contributed by atoms with Crippen LogP contribution in [0.4, 0.5) is 0 Å². The Bertz CT molecular complexity index is 1460. The highest BCUT2D eigenvalue weighted by molar-refractivity contribution is 7.47. The zero-order valence-electron chi connectivity index (χ0n) is 35.7. The Hall–Kier alpha value is -3.94. The van der Waals surface area contributed by atoms with Gasteiger partial charge in [0, 0.05) is 12.8 Å². The molecule has 0 fully saturated rings. The van der Waals surface area contributed by atoms with Crippen molar-refractivity contribution >= 4 is 25.7 Å². The highest BCUT2D eigenvalue weighted by Gasteiger charge is 2.28. The monoisotopic (exact) mass is 861 g/mol. The van der Waals surface area contributed by atoms with E-state index in [0.29, 0.717) is 32.1 Å². The van der Waals surface area contributed by atoms with E-state index in [0.717, 1.165) is 57.8 Å². The van der Waals surface area contributed by atoms with E-state index in [2.05, 4.69) is 47.9 Å². The van der Waals surface area contributed by atoms with Crippen LogP contribution in [0.3, 0.4) is 0 Å². The Balaban J connectivity index is 4.68. The molecule has 338 valence electrons. The number of phosphoric acid groups is 1. The van der Waals surface area contributed by atoms with Gasteiger partial charge in [0.25, 0.3) is 0 Å². The average Bonchev–Trinajstić information content (AvgIpc) is 3.21. The van der Waals surface area contributed by atoms with Crippen LogP contribution in [0.1, 0.15) is 117 Å². The van der Waals surface area contributed by atoms with E-state index in [9.17, 15) is 34.1 Å². The molecule has 0 aromatic heterocycles. The summed E-state index contributed by atoms with van der Waals surface area (Å²) in [7, 11) is -4.78. The molecule has 0 aliphatic rings. The van der Waals surface area contributed by atoms with E-state index < -0.39 is 69.9 Å². The Morgan fingerprint density at radius 3 is 1.72 bits per heavy atom. The third-order valence-electron chi connectivity index (χ3n) is 8.20. The second kappa shape index (κ2) is 39.2. The lowest BCUT2D eigenvalue weighted by Crippen LogP contribution is -2.34. The van der Waals surface area contributed by atoms with Gasteiger partial charge in [-0.2, -0.15) is 0 Å². The molecule has 0 bridgehead atoms. The van der Waals surface area contributed by atoms with E-state index in [1.54, 1.807) is 42.5 Å². The van der Waals surface area contributed by atoms with Gasteiger partial charge in [0.05, 0.1) is 25.4 Å². The summed E-state index contributed by atoms with van der Waals surface area (Å²) in [5, 5.41) is 28.8. The van der Waals surface area contributed by atoms with Crippen LogP contribution >= 0.6 is 7.82 Å². The zero-order chi connectivity index (χ0) is 44.5. The van der Waals surface area contributed by atoms with Crippen molar-refractivity contribution in [2.24, 2.45) is 5.73 Å². The second-order valence-corrected chi connectivity index (χ2v) is 15.2. The van der Waals surface area contributed by atoms with Crippen molar-refractivity contribution in [1.29, 1.82) is 0 Å². The van der Waals surface area contributed by atoms with E-state index in [-0.39, 0.29) is 12.8 Å². The molecule has 0 saturated carbocycles. The van der Waals surface area contributed by atoms with Crippen LogP contribution in [-0.2, 0) is 37.5 Å². The first-order chi connectivity index (χ1) is 28.9. The molecule has 0 radical (unpaired) electrons. The largest absolute Gasteiger partial charge is 0.480 e. The summed E-state index contributed by atoms with van der Waals surface area (Å²) in [6.07, 6.45) is 43.8. The summed E-state index contributed by atoms with van der Waals surface area (Å²) < 4.78 is 32.5. The van der Waals surface area contributed by atoms with Crippen molar-refractivity contribution in [3.63, 3.8) is 0 Å². The SMILES string of the molecule is CC/C=C\C/C=C\C/C=C\CCCCCCCC(=O)OC[C@H](COP(=O)(O)OC[C@H](N)C(=O)O)OC(=O)CC/C=C\C/C=C\C[C@@H](O)/C=C/C=C\C=C\[C@@H](O)C/C=C\CC. The predicted molar refractivity (Wildman–Crippen MR) is 238 cm³/mol. The minimum absolute atomic E-state index is 0.0315. The molecular formula is C46H72NO12P. The molecule has 5 atom stereocenters. The number of unbranched alkanes of at least 4 members (excludes halogenated alkanes) is 5. The topological polar surface area (TPSA) is 212 Å². The van der Waals surface area contributed by atoms with Crippen LogP contribution in [0, 0.1) is 0 Å². The van der Waals surface area contributed by atoms with Crippen LogP contribution in [-0.4, -0.2) is 82.3 Å². The molecule has 0 aliphatic carbocycles. The maximum atomic E-state index is 12.6. The number of carbonyl (C=O) groups is 3. The first-order valence-corrected chi connectivity index (χ1v) is 22.6. The number of esters is 2. The van der Waals surface area contributed by atoms with Crippen molar-refractivity contribution < 1.29 is 57.7 Å². The van der Waals surface area contributed by atoms with E-state index in [1.807, 2.05) is 37.3 Å². The van der Waals surface area contributed by atoms with Crippen molar-refractivity contribution in [2.75, 3.05) is 19.8 Å². The lowest BCUT2D eigenvalue weighted by molar-refractivity contribution is -0.161. The molecule has 0 saturated heterocycles. The van der Waals surface area contributed by atoms with Gasteiger partial charge >= 0.3 is 25.7 Å². The third kappa shape index (κ3) is 38.3. The number of rotatable bonds is 37. The molecule has 0 amide bonds. The molecular weight excluding hydrogens is 789 g/mol. The van der Waals surface area contributed by atoms with Gasteiger partial charge < -0.3 is 35.4 Å². The Kier molecular flexibility index (Phi) is 36.6. The summed E-state index contributed by atoms with van der Waals surface area (Å²) in [5.74, 6) is -2.61. The molecule has 14 heteroatoms. The molecule has 0 aromatic carbocycles. The number of phosphoric ester groups is 1. The molecule has 0 aliphatic heterocycles. The molecule has 0 aromatic rings. The molecule has 0 rings (SSSR count). The standard InChI is InChI=1S/C46H72NO12P/c1-3-5-7-8-9-10-11-12-13-14-15-16-17-21-29-35-44(50)56-37-42(38-57-60(54,55)58-39-43(47)46(52)53)59-45(51)36-30-22-19-18-20-26-32-41(49)34-28-24-23-27-33-40(48)31-25-6-4-2/h5-7,9-10,12-13,19-20,22-28,33-34,40-43,48-49H,3-4,8,11,14-18,21,29-32,35-39,47H2,1-2H3,(H,52,53)(H,54,55)/b7-5-,10-9-,13-12-,22-19-,24-23-,25-6-,26-20-,33-27+,34-28+/t40-,41+,42+,43-/m0/s1. The molecule has 0 heterocycles. The van der Waals surface area contributed by atoms with Crippen molar-refractivity contribution in [1.82, 2.24) is 0 Å². The van der Waals surface area contributed by atoms with Gasteiger partial charge in [0.15, 0.2) is 6.10 Å². The fraction of sp³-hybridized carbons (Fsp3) is 0.543. The number of aliphatic hydroxyl groups excluding tert-OH is 2. The van der Waals surface area contributed by atoms with Crippen molar-refractivity contribution in [3.8, 4) is 0 Å². The van der Waals surface area contributed by atoms with Crippen LogP contribution in [0.25, 0.3) is 0 Å². The molecule has 13 nitrogen and oxygen atoms in total. The Morgan fingerprint density at radius 2 is 1.10 bits per heavy atom. The van der Waals surface area contributed by atoms with Gasteiger partial charge in [-0.25, -0.2) is 4.57 Å². The lowest BCUT2D eigenvalue weighted by atomic mass is 10.1. The molecule has 1 unspecified atom stereocenters. The Labute approximate surface area is 358 Å². The number of ether oxygens (including phenoxy) is 2. The van der Waals surface area contributed by atoms with Gasteiger partial charge in [0.2, 0.25) is 0 Å². The number of hydrogen-bond acceptors (Lipinski definition) is 11. The fourth-order valence-corrected chi connectivity index (χ4v) is 5.64. The number of aliphatic carboxylic acids is 1. The van der Waals surface area contributed by atoms with E-state index in [1.165, 1.54) is 0 Å². The van der Waals surface area contributed by atoms with E-state index in [4.69, 9.17) is 24.8 Å². The fourth-order valence-electron chi connectivity index (χ4n) is 4.87. The summed E-state index contributed by atoms with van der Waals surface area (Å²) >= 11 is 0. The summed E-state index contributed by atoms with van der Waals surface area (Å²) in [6, 6.07) is -1.56. The normalized spacial score (nSPS) is 15.8. The van der Waals surface area contributed by atoms with Gasteiger partial charge in [-0.05, 0) is 70.6 Å². The molecule has 6 N–H and O–H groups in total. The van der Waals surface area contributed by atoms with Gasteiger partial charge in [-0.3, -0.25) is 23.4 Å². The maximum absolute atomic E-state index is 12.6. The highest BCUT2D eigenvalue weighted by atomic mass is 31.2. The first kappa shape index (κ1) is 56.1. The van der Waals surface area contributed by atoms with E-state index >= 15 is 0 Å². The second-order valence-electron chi connectivity index (χ2n) is 13.8. The number of carboxylic acids is 1. The summed E-state index contributed by atoms with van der Waals surface area (Å²) in [5.41, 5.74) is 5.31. The molecule has 60 heavy (non-hydrogen) atoms. The first-order valence-electron chi connectivity index (χ1n) is 21.1. The molecule has 0 spiro atoms. The Morgan fingerprint density at radius 1 is 0.600 bits per heavy atom. The number of aliphatic hydroxyl groups is 2. The van der Waals surface area contributed by atoms with Crippen LogP contribution in [0.15, 0.2) is 109 Å². The average molecular weight is 862 g/mol. The van der Waals surface area contributed by atoms with Gasteiger partial charge in [0.1, 0.15) is 12.6 Å². The number of carboxylic acid groups (broad SMARTS) is 1. The zero-order valence-corrected chi connectivity index (χ0v) is 36.6. The number of carbonyl (C=O) groups excluding carboxylic acids is 2. The minimum Gasteiger partial charge on any atom is -0.480 e. The smallest absolute Gasteiger partial charge is 0.472 e. The summed E-state index contributed by atoms with van der Waals surface area (Å²) in [6.45, 7) is 2.27. The number of allylic oxidation sites excluding steroid dienone is 14. The summed E-state index contributed by atoms with van der Waals surface area (Å²) in [4.78, 5) is 45.9. The third-order valence-corrected chi connectivity index (χ3v) is 9.15. The number of nitrogens with two attached hydrogens (primary N) is 1. The predicted octanol–water partition coefficient (Wildman–Crippen LogP) is 9.00. The van der Waals surface area contributed by atoms with Gasteiger partial charge in [-0.1, -0.05) is 142 Å². The van der Waals surface area contributed by atoms with Crippen LogP contribution in [0.2, 0.25) is 0 Å². The minimum atomic E-state index is -4.78. The van der Waals surface area contributed by atoms with Crippen molar-refractivity contribution in [3.05, 3.63) is 109 Å².